The van der Waals surface area contributed by atoms with Gasteiger partial charge in [0.15, 0.2) is 0 Å². The van der Waals surface area contributed by atoms with Gasteiger partial charge in [-0.05, 0) is 42.7 Å². The summed E-state index contributed by atoms with van der Waals surface area (Å²) in [5.74, 6) is -1.18. The molecular weight excluding hydrogens is 336 g/mol. The molecule has 0 spiro atoms. The largest absolute Gasteiger partial charge is 0.490 e. The molecule has 3 heterocycles. The van der Waals surface area contributed by atoms with Gasteiger partial charge in [-0.25, -0.2) is 13.8 Å². The molecule has 3 aliphatic rings. The fraction of sp³-hybridized carbons (Fsp3) is 0.400. The standard InChI is InChI=1S/C20H19F2N3O/c21-20(22)6-8-25(12-20)18-9-13(5-7-23-18)19-17-10-16(26-15-3-4-15)2-1-14(17)11-24-19/h1-2,5,7,9-10,15H,3-4,6,8,11-12H2. The molecular formula is C20H19F2N3O. The van der Waals surface area contributed by atoms with Crippen LogP contribution >= 0.6 is 0 Å². The van der Waals surface area contributed by atoms with Gasteiger partial charge >= 0.3 is 0 Å². The highest BCUT2D eigenvalue weighted by Crippen LogP contribution is 2.33. The first-order valence-electron chi connectivity index (χ1n) is 9.01. The monoisotopic (exact) mass is 355 g/mol. The van der Waals surface area contributed by atoms with Gasteiger partial charge in [-0.2, -0.15) is 0 Å². The van der Waals surface area contributed by atoms with Crippen LogP contribution in [0.2, 0.25) is 0 Å². The number of ether oxygens (including phenoxy) is 1. The van der Waals surface area contributed by atoms with Crippen molar-refractivity contribution in [3.63, 3.8) is 0 Å². The highest BCUT2D eigenvalue weighted by Gasteiger charge is 2.38. The van der Waals surface area contributed by atoms with E-state index in [0.29, 0.717) is 25.0 Å². The lowest BCUT2D eigenvalue weighted by Crippen LogP contribution is -2.25. The zero-order valence-electron chi connectivity index (χ0n) is 14.3. The number of fused-ring (bicyclic) bond motifs is 1. The van der Waals surface area contributed by atoms with Crippen molar-refractivity contribution in [3.05, 3.63) is 53.2 Å². The number of hydrogen-bond acceptors (Lipinski definition) is 4. The number of pyridine rings is 1. The second-order valence-corrected chi connectivity index (χ2v) is 7.23. The fourth-order valence-electron chi connectivity index (χ4n) is 3.53. The summed E-state index contributed by atoms with van der Waals surface area (Å²) >= 11 is 0. The third-order valence-corrected chi connectivity index (χ3v) is 5.08. The van der Waals surface area contributed by atoms with E-state index in [4.69, 9.17) is 4.74 Å². The van der Waals surface area contributed by atoms with Gasteiger partial charge in [-0.3, -0.25) is 4.99 Å². The SMILES string of the molecule is FC1(F)CCN(c2cc(C3=NCc4ccc(OC5CC5)cc43)ccn2)C1. The summed E-state index contributed by atoms with van der Waals surface area (Å²) in [6.45, 7) is 0.686. The molecule has 1 saturated heterocycles. The molecule has 0 N–H and O–H groups in total. The van der Waals surface area contributed by atoms with Gasteiger partial charge in [0.2, 0.25) is 0 Å². The minimum atomic E-state index is -2.63. The van der Waals surface area contributed by atoms with E-state index in [0.717, 1.165) is 41.0 Å². The average molecular weight is 355 g/mol. The highest BCUT2D eigenvalue weighted by molar-refractivity contribution is 6.15. The van der Waals surface area contributed by atoms with E-state index in [9.17, 15) is 8.78 Å². The number of aliphatic imine (C=N–C) groups is 1. The molecule has 0 bridgehead atoms. The predicted octanol–water partition coefficient (Wildman–Crippen LogP) is 3.82. The van der Waals surface area contributed by atoms with Crippen LogP contribution < -0.4 is 9.64 Å². The maximum atomic E-state index is 13.5. The van der Waals surface area contributed by atoms with E-state index in [1.54, 1.807) is 11.1 Å². The molecule has 5 rings (SSSR count). The third kappa shape index (κ3) is 2.93. The fourth-order valence-corrected chi connectivity index (χ4v) is 3.53. The number of rotatable bonds is 4. The molecule has 0 radical (unpaired) electrons. The van der Waals surface area contributed by atoms with Crippen molar-refractivity contribution in [2.45, 2.75) is 37.8 Å². The summed E-state index contributed by atoms with van der Waals surface area (Å²) in [6.07, 6.45) is 4.13. The molecule has 1 aromatic carbocycles. The first-order valence-corrected chi connectivity index (χ1v) is 9.01. The van der Waals surface area contributed by atoms with Crippen molar-refractivity contribution >= 4 is 11.5 Å². The zero-order valence-corrected chi connectivity index (χ0v) is 14.3. The van der Waals surface area contributed by atoms with E-state index >= 15 is 0 Å². The smallest absolute Gasteiger partial charge is 0.266 e. The first-order chi connectivity index (χ1) is 12.6. The van der Waals surface area contributed by atoms with E-state index in [2.05, 4.69) is 16.0 Å². The molecule has 1 aromatic heterocycles. The Hall–Kier alpha value is -2.50. The van der Waals surface area contributed by atoms with Crippen molar-refractivity contribution in [1.29, 1.82) is 0 Å². The molecule has 4 nitrogen and oxygen atoms in total. The molecule has 1 aliphatic carbocycles. The first kappa shape index (κ1) is 15.7. The molecule has 0 unspecified atom stereocenters. The summed E-state index contributed by atoms with van der Waals surface area (Å²) in [5, 5.41) is 0. The van der Waals surface area contributed by atoms with Crippen LogP contribution in [0.1, 0.15) is 36.0 Å². The quantitative estimate of drug-likeness (QED) is 0.837. The Morgan fingerprint density at radius 1 is 1.15 bits per heavy atom. The summed E-state index contributed by atoms with van der Waals surface area (Å²) in [6, 6.07) is 9.86. The molecule has 134 valence electrons. The summed E-state index contributed by atoms with van der Waals surface area (Å²) in [5.41, 5.74) is 4.02. The number of anilines is 1. The molecule has 26 heavy (non-hydrogen) atoms. The normalized spacial score (nSPS) is 20.8. The van der Waals surface area contributed by atoms with E-state index < -0.39 is 5.92 Å². The van der Waals surface area contributed by atoms with Crippen LogP contribution in [0.25, 0.3) is 0 Å². The minimum Gasteiger partial charge on any atom is -0.490 e. The van der Waals surface area contributed by atoms with Crippen molar-refractivity contribution in [3.8, 4) is 5.75 Å². The van der Waals surface area contributed by atoms with E-state index in [1.807, 2.05) is 24.3 Å². The number of halogens is 2. The Labute approximate surface area is 150 Å². The van der Waals surface area contributed by atoms with Crippen molar-refractivity contribution in [2.24, 2.45) is 4.99 Å². The van der Waals surface area contributed by atoms with Gasteiger partial charge in [0.25, 0.3) is 5.92 Å². The molecule has 6 heteroatoms. The van der Waals surface area contributed by atoms with Gasteiger partial charge in [0, 0.05) is 30.3 Å². The average Bonchev–Trinajstić information content (AvgIpc) is 3.22. The molecule has 2 fully saturated rings. The lowest BCUT2D eigenvalue weighted by Gasteiger charge is -2.18. The topological polar surface area (TPSA) is 37.7 Å². The molecule has 0 amide bonds. The second kappa shape index (κ2) is 5.76. The molecule has 0 atom stereocenters. The van der Waals surface area contributed by atoms with Gasteiger partial charge < -0.3 is 9.64 Å². The van der Waals surface area contributed by atoms with Crippen molar-refractivity contribution in [1.82, 2.24) is 4.98 Å². The van der Waals surface area contributed by atoms with E-state index in [-0.39, 0.29) is 13.0 Å². The number of benzene rings is 1. The van der Waals surface area contributed by atoms with Crippen LogP contribution in [0.4, 0.5) is 14.6 Å². The van der Waals surface area contributed by atoms with Crippen molar-refractivity contribution in [2.75, 3.05) is 18.0 Å². The summed E-state index contributed by atoms with van der Waals surface area (Å²) in [4.78, 5) is 10.6. The Morgan fingerprint density at radius 3 is 2.81 bits per heavy atom. The van der Waals surface area contributed by atoms with Crippen molar-refractivity contribution < 1.29 is 13.5 Å². The Balaban J connectivity index is 1.44. The van der Waals surface area contributed by atoms with Crippen LogP contribution in [0.3, 0.4) is 0 Å². The Bertz CT molecular complexity index is 892. The van der Waals surface area contributed by atoms with Gasteiger partial charge in [0.05, 0.1) is 24.9 Å². The lowest BCUT2D eigenvalue weighted by atomic mass is 10.0. The molecule has 1 saturated carbocycles. The van der Waals surface area contributed by atoms with Gasteiger partial charge in [-0.15, -0.1) is 0 Å². The number of alkyl halides is 2. The Kier molecular flexibility index (Phi) is 3.48. The minimum absolute atomic E-state index is 0.120. The van der Waals surface area contributed by atoms with Gasteiger partial charge in [0.1, 0.15) is 11.6 Å². The molecule has 2 aromatic rings. The maximum Gasteiger partial charge on any atom is 0.266 e. The van der Waals surface area contributed by atoms with Crippen LogP contribution in [-0.4, -0.2) is 35.8 Å². The van der Waals surface area contributed by atoms with Crippen LogP contribution in [0.15, 0.2) is 41.5 Å². The molecule has 2 aliphatic heterocycles. The van der Waals surface area contributed by atoms with Crippen LogP contribution in [0.5, 0.6) is 5.75 Å². The van der Waals surface area contributed by atoms with E-state index in [1.165, 1.54) is 0 Å². The second-order valence-electron chi connectivity index (χ2n) is 7.23. The predicted molar refractivity (Wildman–Crippen MR) is 95.4 cm³/mol. The van der Waals surface area contributed by atoms with Crippen LogP contribution in [-0.2, 0) is 6.54 Å². The maximum absolute atomic E-state index is 13.5. The third-order valence-electron chi connectivity index (χ3n) is 5.08. The zero-order chi connectivity index (χ0) is 17.7. The number of nitrogens with zero attached hydrogens (tertiary/aromatic N) is 3. The summed E-state index contributed by atoms with van der Waals surface area (Å²) < 4.78 is 33.0. The highest BCUT2D eigenvalue weighted by atomic mass is 19.3. The lowest BCUT2D eigenvalue weighted by molar-refractivity contribution is 0.0256. The Morgan fingerprint density at radius 2 is 2.04 bits per heavy atom. The number of hydrogen-bond donors (Lipinski definition) is 0. The van der Waals surface area contributed by atoms with Gasteiger partial charge in [-0.1, -0.05) is 6.07 Å². The number of aromatic nitrogens is 1. The summed E-state index contributed by atoms with van der Waals surface area (Å²) in [7, 11) is 0. The van der Waals surface area contributed by atoms with Crippen LogP contribution in [0, 0.1) is 0 Å².